The lowest BCUT2D eigenvalue weighted by molar-refractivity contribution is -0.138. The number of benzene rings is 2. The van der Waals surface area contributed by atoms with E-state index in [2.05, 4.69) is 0 Å². The molecule has 0 fully saturated rings. The van der Waals surface area contributed by atoms with Crippen LogP contribution in [0.1, 0.15) is 22.3 Å². The quantitative estimate of drug-likeness (QED) is 0.586. The fourth-order valence-electron chi connectivity index (χ4n) is 1.87. The molecule has 0 bridgehead atoms. The number of nitrogens with one attached hydrogen (secondary N) is 1. The van der Waals surface area contributed by atoms with Crippen LogP contribution in [0.4, 0.5) is 26.3 Å². The molecule has 0 aliphatic rings. The summed E-state index contributed by atoms with van der Waals surface area (Å²) in [7, 11) is 0. The minimum atomic E-state index is -4.58. The monoisotopic (exact) mass is 317 g/mol. The number of rotatable bonds is 2. The number of hydrogen-bond acceptors (Lipinski definition) is 1. The van der Waals surface area contributed by atoms with Crippen molar-refractivity contribution in [2.24, 2.45) is 0 Å². The first-order chi connectivity index (χ1) is 10.1. The summed E-state index contributed by atoms with van der Waals surface area (Å²) in [5.41, 5.74) is -2.52. The van der Waals surface area contributed by atoms with Gasteiger partial charge < -0.3 is 0 Å². The van der Waals surface area contributed by atoms with Gasteiger partial charge in [0.2, 0.25) is 0 Å². The molecule has 0 saturated heterocycles. The summed E-state index contributed by atoms with van der Waals surface area (Å²) < 4.78 is 75.8. The van der Waals surface area contributed by atoms with E-state index in [0.717, 1.165) is 36.4 Å². The zero-order valence-corrected chi connectivity index (χ0v) is 10.9. The Morgan fingerprint density at radius 2 is 1.05 bits per heavy atom. The van der Waals surface area contributed by atoms with E-state index in [0.29, 0.717) is 0 Å². The van der Waals surface area contributed by atoms with Gasteiger partial charge >= 0.3 is 12.4 Å². The SMILES string of the molecule is N=C(c1cccc(C(F)(F)F)c1)c1cccc(C(F)(F)F)c1. The molecule has 0 atom stereocenters. The summed E-state index contributed by atoms with van der Waals surface area (Å²) in [6, 6.07) is 7.87. The van der Waals surface area contributed by atoms with Gasteiger partial charge in [-0.1, -0.05) is 24.3 Å². The van der Waals surface area contributed by atoms with Crippen LogP contribution in [0.25, 0.3) is 0 Å². The van der Waals surface area contributed by atoms with Crippen LogP contribution >= 0.6 is 0 Å². The molecule has 0 unspecified atom stereocenters. The van der Waals surface area contributed by atoms with Crippen molar-refractivity contribution < 1.29 is 26.3 Å². The smallest absolute Gasteiger partial charge is 0.300 e. The van der Waals surface area contributed by atoms with Crippen LogP contribution in [0.2, 0.25) is 0 Å². The largest absolute Gasteiger partial charge is 0.416 e. The van der Waals surface area contributed by atoms with E-state index in [1.165, 1.54) is 12.1 Å². The van der Waals surface area contributed by atoms with Crippen molar-refractivity contribution in [2.75, 3.05) is 0 Å². The van der Waals surface area contributed by atoms with E-state index in [1.54, 1.807) is 0 Å². The first-order valence-corrected chi connectivity index (χ1v) is 6.03. The Morgan fingerprint density at radius 3 is 1.36 bits per heavy atom. The predicted molar refractivity (Wildman–Crippen MR) is 68.8 cm³/mol. The summed E-state index contributed by atoms with van der Waals surface area (Å²) in [5, 5.41) is 7.84. The van der Waals surface area contributed by atoms with Gasteiger partial charge in [-0.15, -0.1) is 0 Å². The van der Waals surface area contributed by atoms with Crippen LogP contribution in [0.3, 0.4) is 0 Å². The average molecular weight is 317 g/mol. The molecule has 0 heterocycles. The van der Waals surface area contributed by atoms with Crippen molar-refractivity contribution in [3.63, 3.8) is 0 Å². The normalized spacial score (nSPS) is 12.3. The fraction of sp³-hybridized carbons (Fsp3) is 0.133. The highest BCUT2D eigenvalue weighted by molar-refractivity contribution is 6.11. The number of alkyl halides is 6. The lowest BCUT2D eigenvalue weighted by Gasteiger charge is -2.11. The number of halogens is 6. The summed E-state index contributed by atoms with van der Waals surface area (Å²) in [6.45, 7) is 0. The van der Waals surface area contributed by atoms with Gasteiger partial charge in [0, 0.05) is 11.1 Å². The lowest BCUT2D eigenvalue weighted by Crippen LogP contribution is -2.10. The molecule has 0 radical (unpaired) electrons. The van der Waals surface area contributed by atoms with Crippen LogP contribution in [-0.4, -0.2) is 5.71 Å². The maximum Gasteiger partial charge on any atom is 0.416 e. The molecule has 2 aromatic rings. The molecule has 116 valence electrons. The molecule has 0 aromatic heterocycles. The molecular formula is C15H9F6N. The molecule has 7 heteroatoms. The second-order valence-corrected chi connectivity index (χ2v) is 4.53. The standard InChI is InChI=1S/C15H9F6N/c16-14(17,18)11-5-1-3-9(7-11)13(22)10-4-2-6-12(8-10)15(19,20)21/h1-8,22H. The summed E-state index contributed by atoms with van der Waals surface area (Å²) >= 11 is 0. The minimum Gasteiger partial charge on any atom is -0.300 e. The Morgan fingerprint density at radius 1 is 0.682 bits per heavy atom. The molecule has 0 spiro atoms. The van der Waals surface area contributed by atoms with Gasteiger partial charge in [0.25, 0.3) is 0 Å². The topological polar surface area (TPSA) is 23.9 Å². The van der Waals surface area contributed by atoms with Crippen LogP contribution in [0, 0.1) is 5.41 Å². The first kappa shape index (κ1) is 16.1. The van der Waals surface area contributed by atoms with E-state index in [4.69, 9.17) is 5.41 Å². The second-order valence-electron chi connectivity index (χ2n) is 4.53. The fourth-order valence-corrected chi connectivity index (χ4v) is 1.87. The molecule has 0 saturated carbocycles. The van der Waals surface area contributed by atoms with Gasteiger partial charge in [-0.3, -0.25) is 5.41 Å². The second kappa shape index (κ2) is 5.47. The van der Waals surface area contributed by atoms with Gasteiger partial charge in [0.15, 0.2) is 0 Å². The van der Waals surface area contributed by atoms with Crippen LogP contribution < -0.4 is 0 Å². The minimum absolute atomic E-state index is 0.103. The van der Waals surface area contributed by atoms with Gasteiger partial charge in [0.05, 0.1) is 16.8 Å². The maximum absolute atomic E-state index is 12.6. The molecule has 2 rings (SSSR count). The van der Waals surface area contributed by atoms with Gasteiger partial charge in [-0.05, 0) is 24.3 Å². The first-order valence-electron chi connectivity index (χ1n) is 6.03. The van der Waals surface area contributed by atoms with E-state index < -0.39 is 29.2 Å². The molecule has 22 heavy (non-hydrogen) atoms. The van der Waals surface area contributed by atoms with Crippen LogP contribution in [0.15, 0.2) is 48.5 Å². The molecule has 0 aliphatic heterocycles. The molecule has 0 aliphatic carbocycles. The van der Waals surface area contributed by atoms with Crippen LogP contribution in [-0.2, 0) is 12.4 Å². The summed E-state index contributed by atoms with van der Waals surface area (Å²) in [5.74, 6) is 0. The van der Waals surface area contributed by atoms with Crippen LogP contribution in [0.5, 0.6) is 0 Å². The maximum atomic E-state index is 12.6. The molecule has 2 aromatic carbocycles. The van der Waals surface area contributed by atoms with Crippen molar-refractivity contribution in [1.82, 2.24) is 0 Å². The summed E-state index contributed by atoms with van der Waals surface area (Å²) in [6.07, 6.45) is -9.16. The molecule has 1 N–H and O–H groups in total. The Hall–Kier alpha value is -2.31. The lowest BCUT2D eigenvalue weighted by atomic mass is 9.99. The van der Waals surface area contributed by atoms with Gasteiger partial charge in [-0.25, -0.2) is 0 Å². The third-order valence-corrected chi connectivity index (χ3v) is 2.96. The van der Waals surface area contributed by atoms with E-state index >= 15 is 0 Å². The Labute approximate surface area is 121 Å². The van der Waals surface area contributed by atoms with Crippen molar-refractivity contribution in [3.05, 3.63) is 70.8 Å². The Bertz CT molecular complexity index is 640. The highest BCUT2D eigenvalue weighted by Crippen LogP contribution is 2.31. The number of hydrogen-bond donors (Lipinski definition) is 1. The Balaban J connectivity index is 2.41. The third-order valence-electron chi connectivity index (χ3n) is 2.96. The van der Waals surface area contributed by atoms with Crippen molar-refractivity contribution in [2.45, 2.75) is 12.4 Å². The highest BCUT2D eigenvalue weighted by Gasteiger charge is 2.32. The zero-order valence-electron chi connectivity index (χ0n) is 10.9. The van der Waals surface area contributed by atoms with Crippen molar-refractivity contribution in [3.8, 4) is 0 Å². The molecular weight excluding hydrogens is 308 g/mol. The predicted octanol–water partition coefficient (Wildman–Crippen LogP) is 5.14. The molecule has 0 amide bonds. The van der Waals surface area contributed by atoms with Gasteiger partial charge in [-0.2, -0.15) is 26.3 Å². The zero-order chi connectivity index (χ0) is 16.5. The average Bonchev–Trinajstić information content (AvgIpc) is 2.45. The van der Waals surface area contributed by atoms with Gasteiger partial charge in [0.1, 0.15) is 0 Å². The Kier molecular flexibility index (Phi) is 4.00. The highest BCUT2D eigenvalue weighted by atomic mass is 19.4. The van der Waals surface area contributed by atoms with Crippen molar-refractivity contribution in [1.29, 1.82) is 5.41 Å². The van der Waals surface area contributed by atoms with E-state index in [9.17, 15) is 26.3 Å². The van der Waals surface area contributed by atoms with E-state index in [-0.39, 0.29) is 11.1 Å². The van der Waals surface area contributed by atoms with E-state index in [1.807, 2.05) is 0 Å². The third kappa shape index (κ3) is 3.47. The molecule has 1 nitrogen and oxygen atoms in total. The van der Waals surface area contributed by atoms with Crippen molar-refractivity contribution >= 4 is 5.71 Å². The summed E-state index contributed by atoms with van der Waals surface area (Å²) in [4.78, 5) is 0.